The van der Waals surface area contributed by atoms with Gasteiger partial charge in [-0.25, -0.2) is 9.48 Å². The number of aromatic hydroxyl groups is 1. The number of aliphatic carboxylic acids is 1. The molecule has 0 unspecified atom stereocenters. The molecule has 2 heterocycles. The Morgan fingerprint density at radius 3 is 2.72 bits per heavy atom. The van der Waals surface area contributed by atoms with E-state index in [1.807, 2.05) is 0 Å². The van der Waals surface area contributed by atoms with E-state index in [9.17, 15) is 23.1 Å². The Labute approximate surface area is 138 Å². The second-order valence-electron chi connectivity index (χ2n) is 5.09. The number of alkyl halides is 3. The molecule has 0 amide bonds. The third-order valence-corrected chi connectivity index (χ3v) is 3.50. The van der Waals surface area contributed by atoms with Crippen molar-refractivity contribution in [3.8, 4) is 11.5 Å². The van der Waals surface area contributed by atoms with E-state index in [4.69, 9.17) is 9.84 Å². The third-order valence-electron chi connectivity index (χ3n) is 3.50. The Hall–Kier alpha value is -3.24. The predicted octanol–water partition coefficient (Wildman–Crippen LogP) is 1.99. The number of methoxy groups -OCH3 is 1. The van der Waals surface area contributed by atoms with Crippen LogP contribution in [0.4, 0.5) is 19.1 Å². The van der Waals surface area contributed by atoms with Crippen molar-refractivity contribution in [1.29, 1.82) is 0 Å². The van der Waals surface area contributed by atoms with Gasteiger partial charge in [-0.2, -0.15) is 18.2 Å². The summed E-state index contributed by atoms with van der Waals surface area (Å²) >= 11 is 0. The van der Waals surface area contributed by atoms with Crippen LogP contribution in [0.3, 0.4) is 0 Å². The summed E-state index contributed by atoms with van der Waals surface area (Å²) in [7, 11) is 1.31. The fraction of sp³-hybridized carbons (Fsp3) is 0.214. The highest BCUT2D eigenvalue weighted by Gasteiger charge is 2.39. The number of halogens is 3. The highest BCUT2D eigenvalue weighted by Crippen LogP contribution is 2.36. The number of carboxylic acids is 1. The molecule has 3 rings (SSSR count). The fourth-order valence-corrected chi connectivity index (χ4v) is 2.35. The van der Waals surface area contributed by atoms with E-state index in [2.05, 4.69) is 15.4 Å². The SMILES string of the molecule is COc1cc([C@H]2C=C(C(=O)O)Nc3nc(C(F)(F)F)nn32)ccc1O. The van der Waals surface area contributed by atoms with Crippen molar-refractivity contribution in [2.75, 3.05) is 12.4 Å². The number of ether oxygens (including phenoxy) is 1. The van der Waals surface area contributed by atoms with E-state index in [0.717, 1.165) is 4.68 Å². The zero-order chi connectivity index (χ0) is 18.4. The summed E-state index contributed by atoms with van der Waals surface area (Å²) < 4.78 is 44.5. The third kappa shape index (κ3) is 2.95. The summed E-state index contributed by atoms with van der Waals surface area (Å²) in [6.45, 7) is 0. The molecule has 11 heteroatoms. The minimum Gasteiger partial charge on any atom is -0.504 e. The van der Waals surface area contributed by atoms with Crippen molar-refractivity contribution in [1.82, 2.24) is 14.8 Å². The van der Waals surface area contributed by atoms with Crippen molar-refractivity contribution in [2.45, 2.75) is 12.2 Å². The van der Waals surface area contributed by atoms with E-state index in [0.29, 0.717) is 5.56 Å². The lowest BCUT2D eigenvalue weighted by molar-refractivity contribution is -0.145. The van der Waals surface area contributed by atoms with E-state index >= 15 is 0 Å². The summed E-state index contributed by atoms with van der Waals surface area (Å²) in [5.74, 6) is -3.20. The quantitative estimate of drug-likeness (QED) is 0.771. The molecule has 8 nitrogen and oxygen atoms in total. The second-order valence-corrected chi connectivity index (χ2v) is 5.09. The molecule has 0 saturated heterocycles. The van der Waals surface area contributed by atoms with Gasteiger partial charge in [0.2, 0.25) is 5.95 Å². The normalized spacial score (nSPS) is 16.6. The maximum Gasteiger partial charge on any atom is 0.453 e. The zero-order valence-electron chi connectivity index (χ0n) is 12.6. The van der Waals surface area contributed by atoms with Gasteiger partial charge in [0, 0.05) is 0 Å². The lowest BCUT2D eigenvalue weighted by atomic mass is 10.0. The summed E-state index contributed by atoms with van der Waals surface area (Å²) in [6, 6.07) is 3.09. The first-order valence-electron chi connectivity index (χ1n) is 6.83. The molecule has 25 heavy (non-hydrogen) atoms. The van der Waals surface area contributed by atoms with Crippen molar-refractivity contribution in [3.63, 3.8) is 0 Å². The number of carboxylic acid groups (broad SMARTS) is 1. The predicted molar refractivity (Wildman–Crippen MR) is 77.2 cm³/mol. The molecule has 0 bridgehead atoms. The Morgan fingerprint density at radius 2 is 2.12 bits per heavy atom. The average Bonchev–Trinajstić information content (AvgIpc) is 2.98. The van der Waals surface area contributed by atoms with Gasteiger partial charge in [0.1, 0.15) is 11.7 Å². The Morgan fingerprint density at radius 1 is 1.40 bits per heavy atom. The van der Waals surface area contributed by atoms with Crippen molar-refractivity contribution < 1.29 is 32.9 Å². The van der Waals surface area contributed by atoms with Gasteiger partial charge in [-0.05, 0) is 23.8 Å². The van der Waals surface area contributed by atoms with Gasteiger partial charge in [-0.15, -0.1) is 5.10 Å². The number of hydrogen-bond donors (Lipinski definition) is 3. The standard InChI is InChI=1S/C14H11F3N4O4/c1-25-10-4-6(2-3-9(10)22)8-5-7(11(23)24)18-13-19-12(14(15,16)17)20-21(8)13/h2-5,8,22H,1H3,(H,23,24)(H,18,19,20)/t8-/m1/s1. The molecule has 1 aromatic heterocycles. The van der Waals surface area contributed by atoms with Gasteiger partial charge >= 0.3 is 12.1 Å². The molecule has 1 aromatic carbocycles. The number of rotatable bonds is 3. The monoisotopic (exact) mass is 356 g/mol. The minimum atomic E-state index is -4.79. The molecule has 0 spiro atoms. The Bertz CT molecular complexity index is 875. The number of phenolic OH excluding ortho intramolecular Hbond substituents is 1. The molecule has 1 aliphatic heterocycles. The Balaban J connectivity index is 2.14. The maximum atomic E-state index is 12.9. The number of anilines is 1. The lowest BCUT2D eigenvalue weighted by Crippen LogP contribution is -2.24. The summed E-state index contributed by atoms with van der Waals surface area (Å²) in [5, 5.41) is 24.5. The van der Waals surface area contributed by atoms with Crippen LogP contribution < -0.4 is 10.1 Å². The van der Waals surface area contributed by atoms with Crippen LogP contribution in [0.2, 0.25) is 0 Å². The molecule has 1 aliphatic rings. The highest BCUT2D eigenvalue weighted by molar-refractivity contribution is 5.90. The van der Waals surface area contributed by atoms with Crippen LogP contribution in [0.25, 0.3) is 0 Å². The fourth-order valence-electron chi connectivity index (χ4n) is 2.35. The van der Waals surface area contributed by atoms with Gasteiger partial charge in [0.15, 0.2) is 11.5 Å². The van der Waals surface area contributed by atoms with Crippen LogP contribution in [-0.4, -0.2) is 38.1 Å². The van der Waals surface area contributed by atoms with Crippen LogP contribution in [-0.2, 0) is 11.0 Å². The molecular weight excluding hydrogens is 345 g/mol. The molecule has 0 fully saturated rings. The van der Waals surface area contributed by atoms with Crippen molar-refractivity contribution in [2.24, 2.45) is 0 Å². The number of carbonyl (C=O) groups is 1. The highest BCUT2D eigenvalue weighted by atomic mass is 19.4. The van der Waals surface area contributed by atoms with E-state index < -0.39 is 24.0 Å². The first-order valence-corrected chi connectivity index (χ1v) is 6.83. The molecule has 0 radical (unpaired) electrons. The van der Waals surface area contributed by atoms with Crippen LogP contribution >= 0.6 is 0 Å². The van der Waals surface area contributed by atoms with Crippen LogP contribution in [0.15, 0.2) is 30.0 Å². The molecule has 1 atom stereocenters. The maximum absolute atomic E-state index is 12.9. The molecule has 2 aromatic rings. The van der Waals surface area contributed by atoms with Crippen molar-refractivity contribution in [3.05, 3.63) is 41.4 Å². The van der Waals surface area contributed by atoms with E-state index in [1.54, 1.807) is 0 Å². The molecule has 132 valence electrons. The number of phenols is 1. The number of fused-ring (bicyclic) bond motifs is 1. The number of aromatic nitrogens is 3. The zero-order valence-corrected chi connectivity index (χ0v) is 12.6. The van der Waals surface area contributed by atoms with Crippen LogP contribution in [0, 0.1) is 0 Å². The summed E-state index contributed by atoms with van der Waals surface area (Å²) in [4.78, 5) is 14.6. The van der Waals surface area contributed by atoms with Gasteiger partial charge in [0.05, 0.1) is 7.11 Å². The number of benzene rings is 1. The first-order chi connectivity index (χ1) is 11.7. The lowest BCUT2D eigenvalue weighted by Gasteiger charge is -2.22. The van der Waals surface area contributed by atoms with Gasteiger partial charge in [-0.1, -0.05) is 6.07 Å². The first kappa shape index (κ1) is 16.6. The van der Waals surface area contributed by atoms with E-state index in [-0.39, 0.29) is 23.1 Å². The van der Waals surface area contributed by atoms with Gasteiger partial charge < -0.3 is 20.3 Å². The Kier molecular flexibility index (Phi) is 3.78. The van der Waals surface area contributed by atoms with E-state index in [1.165, 1.54) is 31.4 Å². The second kappa shape index (κ2) is 5.69. The molecule has 0 aliphatic carbocycles. The number of nitrogens with zero attached hydrogens (tertiary/aromatic N) is 3. The van der Waals surface area contributed by atoms with Gasteiger partial charge in [0.25, 0.3) is 5.82 Å². The topological polar surface area (TPSA) is 110 Å². The van der Waals surface area contributed by atoms with Gasteiger partial charge in [-0.3, -0.25) is 0 Å². The molecule has 0 saturated carbocycles. The smallest absolute Gasteiger partial charge is 0.453 e. The van der Waals surface area contributed by atoms with Crippen LogP contribution in [0.1, 0.15) is 17.4 Å². The summed E-state index contributed by atoms with van der Waals surface area (Å²) in [5.41, 5.74) is 0.0143. The number of hydrogen-bond acceptors (Lipinski definition) is 6. The largest absolute Gasteiger partial charge is 0.504 e. The van der Waals surface area contributed by atoms with Crippen molar-refractivity contribution >= 4 is 11.9 Å². The summed E-state index contributed by atoms with van der Waals surface area (Å²) in [6.07, 6.45) is -3.59. The molecule has 3 N–H and O–H groups in total. The average molecular weight is 356 g/mol. The number of nitrogens with one attached hydrogen (secondary N) is 1. The molecular formula is C14H11F3N4O4. The minimum absolute atomic E-state index is 0.0824. The van der Waals surface area contributed by atoms with Crippen LogP contribution in [0.5, 0.6) is 11.5 Å². The number of allylic oxidation sites excluding steroid dienone is 1.